The number of aliphatic hydroxyl groups is 1. The topological polar surface area (TPSA) is 85.6 Å². The van der Waals surface area contributed by atoms with E-state index in [-0.39, 0.29) is 18.5 Å². The van der Waals surface area contributed by atoms with E-state index in [9.17, 15) is 0 Å². The molecule has 0 aromatic rings. The Morgan fingerprint density at radius 1 is 1.73 bits per heavy atom. The van der Waals surface area contributed by atoms with E-state index < -0.39 is 0 Å². The molecule has 11 heavy (non-hydrogen) atoms. The SMILES string of the molecule is [Cl-].[N-]=[N+]=NC[C@H]1C[C@@H](O)C[NH2+]1. The first-order chi connectivity index (χ1) is 4.83. The van der Waals surface area contributed by atoms with Crippen LogP contribution in [0.5, 0.6) is 0 Å². The number of nitrogens with zero attached hydrogens (tertiary/aromatic N) is 3. The predicted octanol–water partition coefficient (Wildman–Crippen LogP) is -4.00. The molecule has 0 amide bonds. The average molecular weight is 179 g/mol. The third kappa shape index (κ3) is 3.43. The maximum absolute atomic E-state index is 9.03. The van der Waals surface area contributed by atoms with Gasteiger partial charge in [0.2, 0.25) is 0 Å². The van der Waals surface area contributed by atoms with Crippen molar-refractivity contribution in [2.24, 2.45) is 5.11 Å². The van der Waals surface area contributed by atoms with Gasteiger partial charge < -0.3 is 22.8 Å². The molecule has 0 aliphatic carbocycles. The van der Waals surface area contributed by atoms with E-state index in [0.29, 0.717) is 12.6 Å². The molecule has 0 radical (unpaired) electrons. The Morgan fingerprint density at radius 3 is 2.91 bits per heavy atom. The van der Waals surface area contributed by atoms with E-state index in [1.54, 1.807) is 0 Å². The fourth-order valence-corrected chi connectivity index (χ4v) is 1.18. The highest BCUT2D eigenvalue weighted by Crippen LogP contribution is 1.98. The van der Waals surface area contributed by atoms with Gasteiger partial charge in [-0.3, -0.25) is 0 Å². The first-order valence-electron chi connectivity index (χ1n) is 3.35. The molecule has 0 saturated carbocycles. The summed E-state index contributed by atoms with van der Waals surface area (Å²) < 4.78 is 0. The van der Waals surface area contributed by atoms with Gasteiger partial charge in [-0.05, 0) is 5.53 Å². The maximum Gasteiger partial charge on any atom is 0.108 e. The third-order valence-electron chi connectivity index (χ3n) is 1.70. The average Bonchev–Trinajstić information content (AvgIpc) is 2.31. The van der Waals surface area contributed by atoms with Crippen LogP contribution in [0.4, 0.5) is 0 Å². The van der Waals surface area contributed by atoms with Crippen LogP contribution in [-0.4, -0.2) is 30.3 Å². The quantitative estimate of drug-likeness (QED) is 0.252. The van der Waals surface area contributed by atoms with Gasteiger partial charge in [0.25, 0.3) is 0 Å². The monoisotopic (exact) mass is 178 g/mol. The molecule has 0 aromatic heterocycles. The van der Waals surface area contributed by atoms with Gasteiger partial charge in [0.05, 0.1) is 12.6 Å². The molecular weight excluding hydrogens is 168 g/mol. The second kappa shape index (κ2) is 5.21. The Hall–Kier alpha value is -0.480. The normalized spacial score (nSPS) is 28.8. The van der Waals surface area contributed by atoms with Gasteiger partial charge in [0.1, 0.15) is 12.6 Å². The molecule has 1 saturated heterocycles. The van der Waals surface area contributed by atoms with E-state index in [1.807, 2.05) is 5.32 Å². The molecule has 1 fully saturated rings. The van der Waals surface area contributed by atoms with Crippen LogP contribution in [-0.2, 0) is 0 Å². The molecule has 0 unspecified atom stereocenters. The van der Waals surface area contributed by atoms with E-state index in [2.05, 4.69) is 10.0 Å². The van der Waals surface area contributed by atoms with Crippen molar-refractivity contribution in [3.05, 3.63) is 10.4 Å². The van der Waals surface area contributed by atoms with Gasteiger partial charge in [-0.15, -0.1) is 0 Å². The Labute approximate surface area is 70.8 Å². The molecule has 0 aromatic carbocycles. The minimum atomic E-state index is -0.209. The van der Waals surface area contributed by atoms with Crippen molar-refractivity contribution in [2.75, 3.05) is 13.1 Å². The maximum atomic E-state index is 9.03. The zero-order valence-electron chi connectivity index (χ0n) is 6.02. The zero-order chi connectivity index (χ0) is 7.40. The highest BCUT2D eigenvalue weighted by Gasteiger charge is 2.24. The summed E-state index contributed by atoms with van der Waals surface area (Å²) in [5, 5.41) is 14.5. The van der Waals surface area contributed by atoms with Gasteiger partial charge in [0, 0.05) is 11.3 Å². The van der Waals surface area contributed by atoms with Crippen LogP contribution < -0.4 is 17.7 Å². The molecule has 64 valence electrons. The highest BCUT2D eigenvalue weighted by atomic mass is 35.5. The van der Waals surface area contributed by atoms with Gasteiger partial charge in [0.15, 0.2) is 0 Å². The fourth-order valence-electron chi connectivity index (χ4n) is 1.18. The molecule has 1 rings (SSSR count). The summed E-state index contributed by atoms with van der Waals surface area (Å²) >= 11 is 0. The highest BCUT2D eigenvalue weighted by molar-refractivity contribution is 4.69. The second-order valence-corrected chi connectivity index (χ2v) is 2.53. The van der Waals surface area contributed by atoms with Gasteiger partial charge >= 0.3 is 0 Å². The molecule has 0 bridgehead atoms. The summed E-state index contributed by atoms with van der Waals surface area (Å²) in [6.07, 6.45) is 0.540. The lowest BCUT2D eigenvalue weighted by Crippen LogP contribution is -3.00. The van der Waals surface area contributed by atoms with Crippen molar-refractivity contribution >= 4 is 0 Å². The van der Waals surface area contributed by atoms with Crippen LogP contribution in [0.15, 0.2) is 5.11 Å². The van der Waals surface area contributed by atoms with Gasteiger partial charge in [-0.25, -0.2) is 0 Å². The fraction of sp³-hybridized carbons (Fsp3) is 1.00. The number of hydrogen-bond acceptors (Lipinski definition) is 2. The van der Waals surface area contributed by atoms with Crippen molar-refractivity contribution in [3.63, 3.8) is 0 Å². The summed E-state index contributed by atoms with van der Waals surface area (Å²) in [5.74, 6) is 0. The van der Waals surface area contributed by atoms with Crippen LogP contribution in [0, 0.1) is 0 Å². The summed E-state index contributed by atoms with van der Waals surface area (Å²) in [6, 6.07) is 0.297. The van der Waals surface area contributed by atoms with Crippen molar-refractivity contribution in [3.8, 4) is 0 Å². The standard InChI is InChI=1S/C5H10N4O.ClH/c6-9-8-2-4-1-5(10)3-7-4;/h4-5,7,10H,1-3H2;1H/t4-,5-;/m1./s1. The molecule has 1 aliphatic rings. The number of hydrogen-bond donors (Lipinski definition) is 2. The molecule has 2 atom stereocenters. The molecule has 0 spiro atoms. The van der Waals surface area contributed by atoms with Crippen molar-refractivity contribution < 1.29 is 22.8 Å². The lowest BCUT2D eigenvalue weighted by Gasteiger charge is -1.98. The first-order valence-corrected chi connectivity index (χ1v) is 3.35. The number of azide groups is 1. The number of quaternary nitrogens is 1. The van der Waals surface area contributed by atoms with Crippen LogP contribution in [0.3, 0.4) is 0 Å². The largest absolute Gasteiger partial charge is 1.00 e. The molecule has 3 N–H and O–H groups in total. The number of nitrogens with two attached hydrogens (primary N) is 1. The number of aliphatic hydroxyl groups excluding tert-OH is 1. The second-order valence-electron chi connectivity index (χ2n) is 2.53. The minimum Gasteiger partial charge on any atom is -1.00 e. The lowest BCUT2D eigenvalue weighted by molar-refractivity contribution is -0.669. The summed E-state index contributed by atoms with van der Waals surface area (Å²) in [5.41, 5.74) is 7.97. The number of halogens is 1. The van der Waals surface area contributed by atoms with Crippen molar-refractivity contribution in [1.29, 1.82) is 0 Å². The Bertz CT molecular complexity index is 159. The van der Waals surface area contributed by atoms with E-state index in [4.69, 9.17) is 10.6 Å². The van der Waals surface area contributed by atoms with Crippen molar-refractivity contribution in [1.82, 2.24) is 0 Å². The molecule has 1 aliphatic heterocycles. The third-order valence-corrected chi connectivity index (χ3v) is 1.70. The van der Waals surface area contributed by atoms with E-state index >= 15 is 0 Å². The molecular formula is C5H11ClN4O. The first kappa shape index (κ1) is 10.5. The smallest absolute Gasteiger partial charge is 0.108 e. The number of rotatable bonds is 2. The van der Waals surface area contributed by atoms with E-state index in [1.165, 1.54) is 0 Å². The Morgan fingerprint density at radius 2 is 2.45 bits per heavy atom. The molecule has 1 heterocycles. The molecule has 5 nitrogen and oxygen atoms in total. The van der Waals surface area contributed by atoms with Gasteiger partial charge in [-0.2, -0.15) is 0 Å². The Kier molecular flexibility index (Phi) is 4.98. The van der Waals surface area contributed by atoms with Gasteiger partial charge in [-0.1, -0.05) is 5.11 Å². The summed E-state index contributed by atoms with van der Waals surface area (Å²) in [6.45, 7) is 1.24. The van der Waals surface area contributed by atoms with Crippen molar-refractivity contribution in [2.45, 2.75) is 18.6 Å². The zero-order valence-corrected chi connectivity index (χ0v) is 6.78. The predicted molar refractivity (Wildman–Crippen MR) is 35.2 cm³/mol. The van der Waals surface area contributed by atoms with Crippen LogP contribution >= 0.6 is 0 Å². The van der Waals surface area contributed by atoms with Crippen LogP contribution in [0.25, 0.3) is 10.4 Å². The van der Waals surface area contributed by atoms with E-state index in [0.717, 1.165) is 13.0 Å². The Balaban J connectivity index is 0.000001000. The lowest BCUT2D eigenvalue weighted by atomic mass is 10.2. The minimum absolute atomic E-state index is 0. The summed E-state index contributed by atoms with van der Waals surface area (Å²) in [4.78, 5) is 2.65. The van der Waals surface area contributed by atoms with Crippen LogP contribution in [0.2, 0.25) is 0 Å². The molecule has 6 heteroatoms. The van der Waals surface area contributed by atoms with Crippen LogP contribution in [0.1, 0.15) is 6.42 Å². The summed E-state index contributed by atoms with van der Waals surface area (Å²) in [7, 11) is 0.